The molecule has 0 aromatic rings. The van der Waals surface area contributed by atoms with Crippen LogP contribution in [0.25, 0.3) is 0 Å². The first-order valence-electron chi connectivity index (χ1n) is 7.60. The molecule has 0 aromatic heterocycles. The third-order valence-corrected chi connectivity index (χ3v) is 3.30. The summed E-state index contributed by atoms with van der Waals surface area (Å²) in [6.45, 7) is 12.2. The van der Waals surface area contributed by atoms with Gasteiger partial charge in [-0.05, 0) is 31.1 Å². The lowest BCUT2D eigenvalue weighted by atomic mass is 10.0. The topological polar surface area (TPSA) is 44.1 Å². The molecule has 0 fully saturated rings. The Morgan fingerprint density at radius 1 is 1.05 bits per heavy atom. The standard InChI is InChI=1S/C16H30N2O/c1-6-7-15(12-17)16(19)18(10-8-13(2)3)11-9-14(4)5/h13-15H,6-11H2,1-5H3. The Bertz CT molecular complexity index is 280. The molecule has 110 valence electrons. The number of amides is 1. The lowest BCUT2D eigenvalue weighted by Crippen LogP contribution is -2.38. The molecule has 1 unspecified atom stereocenters. The summed E-state index contributed by atoms with van der Waals surface area (Å²) < 4.78 is 0. The molecule has 0 saturated heterocycles. The van der Waals surface area contributed by atoms with Crippen molar-refractivity contribution in [3.8, 4) is 6.07 Å². The fourth-order valence-electron chi connectivity index (χ4n) is 1.91. The summed E-state index contributed by atoms with van der Waals surface area (Å²) >= 11 is 0. The molecule has 3 heteroatoms. The Labute approximate surface area is 119 Å². The van der Waals surface area contributed by atoms with Gasteiger partial charge in [-0.25, -0.2) is 0 Å². The van der Waals surface area contributed by atoms with Gasteiger partial charge in [0.05, 0.1) is 6.07 Å². The molecule has 1 atom stereocenters. The average Bonchev–Trinajstić information content (AvgIpc) is 2.34. The molecule has 0 heterocycles. The van der Waals surface area contributed by atoms with Gasteiger partial charge in [-0.2, -0.15) is 5.26 Å². The first-order chi connectivity index (χ1) is 8.92. The second-order valence-corrected chi connectivity index (χ2v) is 6.16. The summed E-state index contributed by atoms with van der Waals surface area (Å²) in [5.41, 5.74) is 0. The normalized spacial score (nSPS) is 12.5. The zero-order chi connectivity index (χ0) is 14.8. The molecular weight excluding hydrogens is 236 g/mol. The van der Waals surface area contributed by atoms with Crippen LogP contribution in [0.3, 0.4) is 0 Å². The van der Waals surface area contributed by atoms with Crippen molar-refractivity contribution >= 4 is 5.91 Å². The van der Waals surface area contributed by atoms with Crippen molar-refractivity contribution in [2.24, 2.45) is 17.8 Å². The Morgan fingerprint density at radius 3 is 1.84 bits per heavy atom. The summed E-state index contributed by atoms with van der Waals surface area (Å²) in [6.07, 6.45) is 3.57. The van der Waals surface area contributed by atoms with E-state index in [0.29, 0.717) is 18.3 Å². The van der Waals surface area contributed by atoms with Gasteiger partial charge in [0.2, 0.25) is 5.91 Å². The van der Waals surface area contributed by atoms with Gasteiger partial charge in [0, 0.05) is 13.1 Å². The predicted molar refractivity (Wildman–Crippen MR) is 79.5 cm³/mol. The van der Waals surface area contributed by atoms with E-state index in [1.54, 1.807) is 0 Å². The monoisotopic (exact) mass is 266 g/mol. The third-order valence-electron chi connectivity index (χ3n) is 3.30. The second-order valence-electron chi connectivity index (χ2n) is 6.16. The van der Waals surface area contributed by atoms with Gasteiger partial charge in [-0.3, -0.25) is 4.79 Å². The molecule has 0 aromatic carbocycles. The van der Waals surface area contributed by atoms with E-state index in [4.69, 9.17) is 5.26 Å². The molecule has 0 aliphatic carbocycles. The zero-order valence-electron chi connectivity index (χ0n) is 13.3. The highest BCUT2D eigenvalue weighted by atomic mass is 16.2. The fraction of sp³-hybridized carbons (Fsp3) is 0.875. The molecule has 19 heavy (non-hydrogen) atoms. The molecule has 0 bridgehead atoms. The highest BCUT2D eigenvalue weighted by Crippen LogP contribution is 2.13. The number of rotatable bonds is 9. The van der Waals surface area contributed by atoms with Crippen molar-refractivity contribution in [3.63, 3.8) is 0 Å². The maximum absolute atomic E-state index is 12.4. The van der Waals surface area contributed by atoms with E-state index in [1.165, 1.54) is 0 Å². The molecule has 0 radical (unpaired) electrons. The minimum absolute atomic E-state index is 0.0330. The van der Waals surface area contributed by atoms with E-state index < -0.39 is 5.92 Å². The van der Waals surface area contributed by atoms with E-state index in [9.17, 15) is 4.79 Å². The second kappa shape index (κ2) is 9.83. The first kappa shape index (κ1) is 18.0. The van der Waals surface area contributed by atoms with Crippen LogP contribution in [0.2, 0.25) is 0 Å². The number of nitrogens with zero attached hydrogens (tertiary/aromatic N) is 2. The predicted octanol–water partition coefficient (Wildman–Crippen LogP) is 3.85. The smallest absolute Gasteiger partial charge is 0.239 e. The summed E-state index contributed by atoms with van der Waals surface area (Å²) in [5.74, 6) is 0.747. The number of hydrogen-bond donors (Lipinski definition) is 0. The summed E-state index contributed by atoms with van der Waals surface area (Å²) in [7, 11) is 0. The number of nitriles is 1. The molecule has 0 N–H and O–H groups in total. The van der Waals surface area contributed by atoms with Crippen LogP contribution in [0.1, 0.15) is 60.3 Å². The van der Waals surface area contributed by atoms with Crippen molar-refractivity contribution in [1.82, 2.24) is 4.90 Å². The van der Waals surface area contributed by atoms with Crippen LogP contribution in [0.4, 0.5) is 0 Å². The molecule has 0 rings (SSSR count). The average molecular weight is 266 g/mol. The highest BCUT2D eigenvalue weighted by Gasteiger charge is 2.23. The quantitative estimate of drug-likeness (QED) is 0.636. The highest BCUT2D eigenvalue weighted by molar-refractivity contribution is 5.81. The molecule has 1 amide bonds. The minimum atomic E-state index is -0.454. The van der Waals surface area contributed by atoms with Crippen LogP contribution >= 0.6 is 0 Å². The zero-order valence-corrected chi connectivity index (χ0v) is 13.3. The maximum Gasteiger partial charge on any atom is 0.239 e. The maximum atomic E-state index is 12.4. The van der Waals surface area contributed by atoms with Crippen LogP contribution < -0.4 is 0 Å². The van der Waals surface area contributed by atoms with Crippen LogP contribution in [-0.4, -0.2) is 23.9 Å². The van der Waals surface area contributed by atoms with Gasteiger partial charge in [-0.15, -0.1) is 0 Å². The van der Waals surface area contributed by atoms with Crippen LogP contribution in [0, 0.1) is 29.1 Å². The molecule has 0 saturated carbocycles. The largest absolute Gasteiger partial charge is 0.342 e. The van der Waals surface area contributed by atoms with E-state index in [2.05, 4.69) is 33.8 Å². The van der Waals surface area contributed by atoms with Crippen molar-refractivity contribution in [2.75, 3.05) is 13.1 Å². The van der Waals surface area contributed by atoms with E-state index >= 15 is 0 Å². The molecule has 0 aliphatic heterocycles. The number of hydrogen-bond acceptors (Lipinski definition) is 2. The summed E-state index contributed by atoms with van der Waals surface area (Å²) in [5, 5.41) is 9.13. The van der Waals surface area contributed by atoms with Gasteiger partial charge in [0.1, 0.15) is 5.92 Å². The Hall–Kier alpha value is -1.04. The number of carbonyl (C=O) groups is 1. The van der Waals surface area contributed by atoms with Gasteiger partial charge < -0.3 is 4.90 Å². The Balaban J connectivity index is 4.60. The van der Waals surface area contributed by atoms with Crippen molar-refractivity contribution in [2.45, 2.75) is 60.3 Å². The molecule has 0 spiro atoms. The van der Waals surface area contributed by atoms with Gasteiger partial charge in [0.25, 0.3) is 0 Å². The van der Waals surface area contributed by atoms with Gasteiger partial charge in [-0.1, -0.05) is 41.0 Å². The molecule has 3 nitrogen and oxygen atoms in total. The molecular formula is C16H30N2O. The summed E-state index contributed by atoms with van der Waals surface area (Å²) in [6, 6.07) is 2.17. The summed E-state index contributed by atoms with van der Waals surface area (Å²) in [4.78, 5) is 14.3. The SMILES string of the molecule is CCCC(C#N)C(=O)N(CCC(C)C)CCC(C)C. The fourth-order valence-corrected chi connectivity index (χ4v) is 1.91. The van der Waals surface area contributed by atoms with Crippen LogP contribution in [-0.2, 0) is 4.79 Å². The number of carbonyl (C=O) groups excluding carboxylic acids is 1. The van der Waals surface area contributed by atoms with Crippen molar-refractivity contribution in [3.05, 3.63) is 0 Å². The first-order valence-corrected chi connectivity index (χ1v) is 7.60. The van der Waals surface area contributed by atoms with Gasteiger partial charge in [0.15, 0.2) is 0 Å². The van der Waals surface area contributed by atoms with Crippen molar-refractivity contribution < 1.29 is 4.79 Å². The van der Waals surface area contributed by atoms with Crippen LogP contribution in [0.5, 0.6) is 0 Å². The van der Waals surface area contributed by atoms with Gasteiger partial charge >= 0.3 is 0 Å². The van der Waals surface area contributed by atoms with Crippen LogP contribution in [0.15, 0.2) is 0 Å². The van der Waals surface area contributed by atoms with E-state index in [0.717, 1.165) is 32.4 Å². The van der Waals surface area contributed by atoms with E-state index in [1.807, 2.05) is 11.8 Å². The van der Waals surface area contributed by atoms with E-state index in [-0.39, 0.29) is 5.91 Å². The van der Waals surface area contributed by atoms with Crippen molar-refractivity contribution in [1.29, 1.82) is 5.26 Å². The Kier molecular flexibility index (Phi) is 9.30. The molecule has 0 aliphatic rings. The lowest BCUT2D eigenvalue weighted by molar-refractivity contribution is -0.134. The lowest BCUT2D eigenvalue weighted by Gasteiger charge is -2.26. The third kappa shape index (κ3) is 7.87. The minimum Gasteiger partial charge on any atom is -0.342 e. The Morgan fingerprint density at radius 2 is 1.53 bits per heavy atom.